The van der Waals surface area contributed by atoms with Gasteiger partial charge in [0.15, 0.2) is 16.1 Å². The first kappa shape index (κ1) is 20.6. The second-order valence-corrected chi connectivity index (χ2v) is 8.85. The van der Waals surface area contributed by atoms with Gasteiger partial charge in [0.05, 0.1) is 11.4 Å². The number of benzene rings is 2. The molecule has 2 aromatic carbocycles. The molecule has 4 rings (SSSR count). The van der Waals surface area contributed by atoms with Gasteiger partial charge in [0, 0.05) is 28.6 Å². The van der Waals surface area contributed by atoms with Crippen molar-refractivity contribution in [2.24, 2.45) is 7.05 Å². The zero-order valence-corrected chi connectivity index (χ0v) is 18.7. The first-order chi connectivity index (χ1) is 14.5. The van der Waals surface area contributed by atoms with E-state index < -0.39 is 0 Å². The van der Waals surface area contributed by atoms with Gasteiger partial charge in [-0.05, 0) is 31.2 Å². The Balaban J connectivity index is 1.36. The van der Waals surface area contributed by atoms with Crippen LogP contribution in [0.2, 0.25) is 5.02 Å². The molecular weight excluding hydrogens is 438 g/mol. The van der Waals surface area contributed by atoms with Crippen molar-refractivity contribution in [1.29, 1.82) is 0 Å². The van der Waals surface area contributed by atoms with Crippen LogP contribution in [-0.2, 0) is 11.8 Å². The van der Waals surface area contributed by atoms with E-state index in [9.17, 15) is 4.79 Å². The molecule has 0 bridgehead atoms. The second-order valence-electron chi connectivity index (χ2n) is 6.61. The number of carbonyl (C=O) groups excluding carboxylic acids is 1. The fraction of sp³-hybridized carbons (Fsp3) is 0.143. The summed E-state index contributed by atoms with van der Waals surface area (Å²) in [5.41, 5.74) is 3.99. The van der Waals surface area contributed by atoms with Gasteiger partial charge in [0.25, 0.3) is 0 Å². The highest BCUT2D eigenvalue weighted by molar-refractivity contribution is 7.99. The largest absolute Gasteiger partial charge is 0.305 e. The van der Waals surface area contributed by atoms with Gasteiger partial charge in [-0.15, -0.1) is 21.5 Å². The maximum absolute atomic E-state index is 12.4. The highest BCUT2D eigenvalue weighted by Gasteiger charge is 2.14. The van der Waals surface area contributed by atoms with Crippen LogP contribution >= 0.6 is 34.7 Å². The second kappa shape index (κ2) is 8.99. The number of nitrogens with zero attached hydrogens (tertiary/aromatic N) is 4. The zero-order valence-electron chi connectivity index (χ0n) is 16.3. The summed E-state index contributed by atoms with van der Waals surface area (Å²) in [5, 5.41) is 15.1. The molecule has 4 aromatic rings. The number of amides is 1. The minimum Gasteiger partial charge on any atom is -0.305 e. The number of anilines is 1. The van der Waals surface area contributed by atoms with E-state index in [1.165, 1.54) is 28.7 Å². The number of hydrogen-bond acceptors (Lipinski definition) is 6. The molecule has 2 aromatic heterocycles. The summed E-state index contributed by atoms with van der Waals surface area (Å²) in [4.78, 5) is 16.9. The minimum atomic E-state index is -0.138. The van der Waals surface area contributed by atoms with E-state index in [4.69, 9.17) is 11.6 Å². The third kappa shape index (κ3) is 4.72. The predicted octanol–water partition coefficient (Wildman–Crippen LogP) is 5.30. The highest BCUT2D eigenvalue weighted by atomic mass is 35.5. The van der Waals surface area contributed by atoms with Gasteiger partial charge >= 0.3 is 0 Å². The van der Waals surface area contributed by atoms with Gasteiger partial charge in [0.2, 0.25) is 5.91 Å². The number of rotatable bonds is 6. The molecule has 2 heterocycles. The molecule has 0 aliphatic heterocycles. The Morgan fingerprint density at radius 3 is 2.53 bits per heavy atom. The highest BCUT2D eigenvalue weighted by Crippen LogP contribution is 2.26. The summed E-state index contributed by atoms with van der Waals surface area (Å²) in [6.45, 7) is 2.05. The number of nitrogens with one attached hydrogen (secondary N) is 1. The molecule has 1 N–H and O–H groups in total. The number of thiazole rings is 1. The first-order valence-electron chi connectivity index (χ1n) is 9.10. The lowest BCUT2D eigenvalue weighted by Crippen LogP contribution is -2.14. The Labute approximate surface area is 187 Å². The molecule has 30 heavy (non-hydrogen) atoms. The lowest BCUT2D eigenvalue weighted by molar-refractivity contribution is -0.113. The maximum Gasteiger partial charge on any atom is 0.236 e. The van der Waals surface area contributed by atoms with Gasteiger partial charge in [-0.25, -0.2) is 4.98 Å². The molecule has 6 nitrogen and oxygen atoms in total. The number of aryl methyl sites for hydroxylation is 1. The van der Waals surface area contributed by atoms with Crippen LogP contribution in [0.1, 0.15) is 5.56 Å². The van der Waals surface area contributed by atoms with Gasteiger partial charge < -0.3 is 9.88 Å². The topological polar surface area (TPSA) is 72.7 Å². The smallest absolute Gasteiger partial charge is 0.236 e. The zero-order chi connectivity index (χ0) is 21.1. The van der Waals surface area contributed by atoms with Gasteiger partial charge in [-0.1, -0.05) is 53.2 Å². The van der Waals surface area contributed by atoms with Crippen LogP contribution in [0.15, 0.2) is 59.1 Å². The van der Waals surface area contributed by atoms with Crippen LogP contribution in [0.3, 0.4) is 0 Å². The van der Waals surface area contributed by atoms with E-state index in [0.717, 1.165) is 22.6 Å². The van der Waals surface area contributed by atoms with E-state index in [1.807, 2.05) is 72.4 Å². The molecule has 0 saturated heterocycles. The van der Waals surface area contributed by atoms with Crippen LogP contribution in [0, 0.1) is 6.92 Å². The standard InChI is InChI=1S/C21H18ClN5OS2/c1-13-3-5-14(6-4-13)17-11-29-20(23-17)24-18(28)12-30-21-26-25-19(27(21)2)15-7-9-16(22)10-8-15/h3-11H,12H2,1-2H3,(H,23,24,28). The SMILES string of the molecule is Cc1ccc(-c2csc(NC(=O)CSc3nnc(-c4ccc(Cl)cc4)n3C)n2)cc1. The van der Waals surface area contributed by atoms with E-state index in [0.29, 0.717) is 15.3 Å². The molecule has 0 unspecified atom stereocenters. The van der Waals surface area contributed by atoms with Crippen LogP contribution in [0.4, 0.5) is 5.13 Å². The fourth-order valence-corrected chi connectivity index (χ4v) is 4.34. The number of aromatic nitrogens is 4. The molecule has 0 atom stereocenters. The van der Waals surface area contributed by atoms with Crippen molar-refractivity contribution in [2.75, 3.05) is 11.1 Å². The van der Waals surface area contributed by atoms with Crippen molar-refractivity contribution >= 4 is 45.7 Å². The van der Waals surface area contributed by atoms with Crippen molar-refractivity contribution in [1.82, 2.24) is 19.7 Å². The van der Waals surface area contributed by atoms with Crippen LogP contribution in [0.25, 0.3) is 22.6 Å². The molecule has 0 saturated carbocycles. The summed E-state index contributed by atoms with van der Waals surface area (Å²) in [5.74, 6) is 0.796. The Bertz CT molecular complexity index is 1170. The van der Waals surface area contributed by atoms with E-state index >= 15 is 0 Å². The molecule has 0 fully saturated rings. The summed E-state index contributed by atoms with van der Waals surface area (Å²) in [7, 11) is 1.87. The van der Waals surface area contributed by atoms with E-state index in [2.05, 4.69) is 20.5 Å². The number of halogens is 1. The molecule has 0 aliphatic carbocycles. The third-order valence-corrected chi connectivity index (χ3v) is 6.40. The van der Waals surface area contributed by atoms with Gasteiger partial charge in [0.1, 0.15) is 0 Å². The van der Waals surface area contributed by atoms with Crippen molar-refractivity contribution in [2.45, 2.75) is 12.1 Å². The van der Waals surface area contributed by atoms with Crippen molar-refractivity contribution < 1.29 is 4.79 Å². The lowest BCUT2D eigenvalue weighted by Gasteiger charge is -2.04. The molecule has 0 aliphatic rings. The normalized spacial score (nSPS) is 10.9. The first-order valence-corrected chi connectivity index (χ1v) is 11.3. The van der Waals surface area contributed by atoms with Crippen LogP contribution in [-0.4, -0.2) is 31.4 Å². The van der Waals surface area contributed by atoms with Gasteiger partial charge in [-0.3, -0.25) is 4.79 Å². The van der Waals surface area contributed by atoms with E-state index in [1.54, 1.807) is 0 Å². The number of carbonyl (C=O) groups is 1. The Kier molecular flexibility index (Phi) is 6.17. The minimum absolute atomic E-state index is 0.138. The summed E-state index contributed by atoms with van der Waals surface area (Å²) < 4.78 is 1.86. The van der Waals surface area contributed by atoms with Crippen LogP contribution < -0.4 is 5.32 Å². The number of thioether (sulfide) groups is 1. The average molecular weight is 456 g/mol. The predicted molar refractivity (Wildman–Crippen MR) is 123 cm³/mol. The Hall–Kier alpha value is -2.68. The molecule has 1 amide bonds. The fourth-order valence-electron chi connectivity index (χ4n) is 2.76. The van der Waals surface area contributed by atoms with Crippen molar-refractivity contribution in [3.05, 3.63) is 64.5 Å². The summed E-state index contributed by atoms with van der Waals surface area (Å²) in [6, 6.07) is 15.5. The average Bonchev–Trinajstić information content (AvgIpc) is 3.34. The summed E-state index contributed by atoms with van der Waals surface area (Å²) in [6.07, 6.45) is 0. The molecule has 0 spiro atoms. The third-order valence-electron chi connectivity index (χ3n) is 4.37. The Morgan fingerprint density at radius 2 is 1.80 bits per heavy atom. The van der Waals surface area contributed by atoms with Gasteiger partial charge in [-0.2, -0.15) is 0 Å². The van der Waals surface area contributed by atoms with Crippen molar-refractivity contribution in [3.8, 4) is 22.6 Å². The van der Waals surface area contributed by atoms with Crippen molar-refractivity contribution in [3.63, 3.8) is 0 Å². The quantitative estimate of drug-likeness (QED) is 0.399. The van der Waals surface area contributed by atoms with E-state index in [-0.39, 0.29) is 11.7 Å². The molecule has 9 heteroatoms. The summed E-state index contributed by atoms with van der Waals surface area (Å²) >= 11 is 8.68. The molecule has 152 valence electrons. The monoisotopic (exact) mass is 455 g/mol. The van der Waals surface area contributed by atoms with Crippen LogP contribution in [0.5, 0.6) is 0 Å². The molecular formula is C21H18ClN5OS2. The maximum atomic E-state index is 12.4. The Morgan fingerprint density at radius 1 is 1.10 bits per heavy atom. The lowest BCUT2D eigenvalue weighted by atomic mass is 10.1. The number of hydrogen-bond donors (Lipinski definition) is 1. The molecule has 0 radical (unpaired) electrons.